The summed E-state index contributed by atoms with van der Waals surface area (Å²) in [6.45, 7) is 2.04. The maximum Gasteiger partial charge on any atom is 0.342 e. The van der Waals surface area contributed by atoms with Crippen LogP contribution in [0.3, 0.4) is 0 Å². The molecule has 0 amide bonds. The van der Waals surface area contributed by atoms with E-state index in [4.69, 9.17) is 18.9 Å². The topological polar surface area (TPSA) is 94.5 Å². The van der Waals surface area contributed by atoms with Gasteiger partial charge in [-0.05, 0) is 6.42 Å². The molecule has 3 rings (SSSR count). The van der Waals surface area contributed by atoms with E-state index in [1.807, 2.05) is 6.92 Å². The molecule has 1 aromatic carbocycles. The van der Waals surface area contributed by atoms with Gasteiger partial charge in [-0.2, -0.15) is 0 Å². The SMILES string of the molecule is CCCC1CC2OC(=O)c3c(O)c(OC)c(OC)c(O)c3C2O1. The number of phenolic OH excluding ortho intramolecular Hbond substituents is 2. The summed E-state index contributed by atoms with van der Waals surface area (Å²) in [6, 6.07) is 0. The van der Waals surface area contributed by atoms with Crippen LogP contribution in [0.4, 0.5) is 0 Å². The molecule has 2 aliphatic heterocycles. The predicted molar refractivity (Wildman–Crippen MR) is 79.2 cm³/mol. The van der Waals surface area contributed by atoms with Gasteiger partial charge in [0.2, 0.25) is 11.5 Å². The Morgan fingerprint density at radius 2 is 1.83 bits per heavy atom. The maximum absolute atomic E-state index is 12.3. The lowest BCUT2D eigenvalue weighted by atomic mass is 9.92. The number of hydrogen-bond acceptors (Lipinski definition) is 7. The van der Waals surface area contributed by atoms with Crippen molar-refractivity contribution in [2.75, 3.05) is 14.2 Å². The van der Waals surface area contributed by atoms with Gasteiger partial charge in [-0.1, -0.05) is 13.3 Å². The van der Waals surface area contributed by atoms with E-state index in [9.17, 15) is 15.0 Å². The van der Waals surface area contributed by atoms with Gasteiger partial charge in [-0.25, -0.2) is 4.79 Å². The minimum atomic E-state index is -0.698. The Morgan fingerprint density at radius 1 is 1.17 bits per heavy atom. The van der Waals surface area contributed by atoms with Crippen molar-refractivity contribution in [1.29, 1.82) is 0 Å². The monoisotopic (exact) mass is 324 g/mol. The molecule has 7 nitrogen and oxygen atoms in total. The Labute approximate surface area is 133 Å². The number of methoxy groups -OCH3 is 2. The highest BCUT2D eigenvalue weighted by Crippen LogP contribution is 2.55. The summed E-state index contributed by atoms with van der Waals surface area (Å²) in [5, 5.41) is 20.9. The highest BCUT2D eigenvalue weighted by molar-refractivity contribution is 5.98. The molecule has 1 fully saturated rings. The fraction of sp³-hybridized carbons (Fsp3) is 0.562. The van der Waals surface area contributed by atoms with E-state index in [-0.39, 0.29) is 34.5 Å². The van der Waals surface area contributed by atoms with Crippen molar-refractivity contribution in [1.82, 2.24) is 0 Å². The number of carbonyl (C=O) groups is 1. The van der Waals surface area contributed by atoms with E-state index in [2.05, 4.69) is 0 Å². The molecule has 0 saturated carbocycles. The van der Waals surface area contributed by atoms with Gasteiger partial charge >= 0.3 is 5.97 Å². The number of benzene rings is 1. The Morgan fingerprint density at radius 3 is 2.43 bits per heavy atom. The number of phenols is 2. The second-order valence-electron chi connectivity index (χ2n) is 5.70. The maximum atomic E-state index is 12.3. The summed E-state index contributed by atoms with van der Waals surface area (Å²) >= 11 is 0. The third-order valence-corrected chi connectivity index (χ3v) is 4.34. The molecule has 23 heavy (non-hydrogen) atoms. The molecule has 0 aliphatic carbocycles. The van der Waals surface area contributed by atoms with Crippen LogP contribution in [-0.4, -0.2) is 42.6 Å². The summed E-state index contributed by atoms with van der Waals surface area (Å²) in [4.78, 5) is 12.3. The lowest BCUT2D eigenvalue weighted by Gasteiger charge is -2.29. The summed E-state index contributed by atoms with van der Waals surface area (Å²) in [5.41, 5.74) is 0.0820. The molecule has 0 bridgehead atoms. The van der Waals surface area contributed by atoms with Crippen LogP contribution in [0.15, 0.2) is 0 Å². The van der Waals surface area contributed by atoms with Crippen molar-refractivity contribution in [2.24, 2.45) is 0 Å². The van der Waals surface area contributed by atoms with E-state index in [1.54, 1.807) is 0 Å². The molecule has 3 atom stereocenters. The first-order valence-electron chi connectivity index (χ1n) is 7.59. The molecule has 1 aromatic rings. The summed E-state index contributed by atoms with van der Waals surface area (Å²) in [6.07, 6.45) is 1.19. The molecule has 2 N–H and O–H groups in total. The van der Waals surface area contributed by atoms with Crippen molar-refractivity contribution in [3.63, 3.8) is 0 Å². The lowest BCUT2D eigenvalue weighted by molar-refractivity contribution is -0.0246. The average molecular weight is 324 g/mol. The summed E-state index contributed by atoms with van der Waals surface area (Å²) in [5.74, 6) is -1.51. The van der Waals surface area contributed by atoms with Crippen molar-refractivity contribution >= 4 is 5.97 Å². The number of esters is 1. The number of fused-ring (bicyclic) bond motifs is 3. The zero-order valence-corrected chi connectivity index (χ0v) is 13.3. The first-order valence-corrected chi connectivity index (χ1v) is 7.59. The van der Waals surface area contributed by atoms with Crippen LogP contribution in [0, 0.1) is 0 Å². The van der Waals surface area contributed by atoms with Gasteiger partial charge < -0.3 is 29.2 Å². The Balaban J connectivity index is 2.15. The van der Waals surface area contributed by atoms with Crippen LogP contribution in [0.2, 0.25) is 0 Å². The van der Waals surface area contributed by atoms with Gasteiger partial charge in [0.05, 0.1) is 20.3 Å². The van der Waals surface area contributed by atoms with Gasteiger partial charge in [-0.15, -0.1) is 0 Å². The third kappa shape index (κ3) is 2.26. The zero-order chi connectivity index (χ0) is 16.7. The molecule has 7 heteroatoms. The minimum absolute atomic E-state index is 0.0280. The second-order valence-corrected chi connectivity index (χ2v) is 5.70. The number of aromatic hydroxyl groups is 2. The van der Waals surface area contributed by atoms with Crippen molar-refractivity contribution in [3.05, 3.63) is 11.1 Å². The highest BCUT2D eigenvalue weighted by atomic mass is 16.6. The van der Waals surface area contributed by atoms with Crippen LogP contribution < -0.4 is 9.47 Å². The average Bonchev–Trinajstić information content (AvgIpc) is 2.91. The molecule has 0 radical (unpaired) electrons. The number of carbonyl (C=O) groups excluding carboxylic acids is 1. The molecule has 1 saturated heterocycles. The quantitative estimate of drug-likeness (QED) is 0.648. The van der Waals surface area contributed by atoms with Crippen LogP contribution in [0.25, 0.3) is 0 Å². The first kappa shape index (κ1) is 15.7. The Hall–Kier alpha value is -2.15. The molecule has 3 unspecified atom stereocenters. The van der Waals surface area contributed by atoms with Gasteiger partial charge in [0, 0.05) is 12.0 Å². The molecule has 126 valence electrons. The van der Waals surface area contributed by atoms with Crippen LogP contribution in [0.1, 0.15) is 48.2 Å². The van der Waals surface area contributed by atoms with Gasteiger partial charge in [-0.3, -0.25) is 0 Å². The first-order chi connectivity index (χ1) is 11.0. The highest BCUT2D eigenvalue weighted by Gasteiger charge is 2.48. The Kier molecular flexibility index (Phi) is 3.97. The normalized spacial score (nSPS) is 25.5. The third-order valence-electron chi connectivity index (χ3n) is 4.34. The molecule has 0 aromatic heterocycles. The predicted octanol–water partition coefficient (Wildman–Crippen LogP) is 2.28. The summed E-state index contributed by atoms with van der Waals surface area (Å²) in [7, 11) is 2.65. The van der Waals surface area contributed by atoms with E-state index < -0.39 is 23.9 Å². The van der Waals surface area contributed by atoms with Crippen LogP contribution in [-0.2, 0) is 9.47 Å². The number of rotatable bonds is 4. The number of ether oxygens (including phenoxy) is 4. The van der Waals surface area contributed by atoms with E-state index >= 15 is 0 Å². The molecule has 0 spiro atoms. The lowest BCUT2D eigenvalue weighted by Crippen LogP contribution is -2.29. The number of hydrogen-bond donors (Lipinski definition) is 2. The van der Waals surface area contributed by atoms with E-state index in [0.717, 1.165) is 12.8 Å². The zero-order valence-electron chi connectivity index (χ0n) is 13.3. The fourth-order valence-electron chi connectivity index (χ4n) is 3.36. The van der Waals surface area contributed by atoms with Crippen molar-refractivity contribution in [2.45, 2.75) is 44.5 Å². The molecular weight excluding hydrogens is 304 g/mol. The van der Waals surface area contributed by atoms with Gasteiger partial charge in [0.1, 0.15) is 17.8 Å². The molecular formula is C16H20O7. The molecule has 2 heterocycles. The van der Waals surface area contributed by atoms with Gasteiger partial charge in [0.25, 0.3) is 0 Å². The Bertz CT molecular complexity index is 640. The standard InChI is InChI=1S/C16H20O7/c1-4-5-7-6-8-13(22-7)9-10(16(19)23-8)12(18)15(21-3)14(20-2)11(9)17/h7-8,13,17-18H,4-6H2,1-3H3. The van der Waals surface area contributed by atoms with Crippen LogP contribution in [0.5, 0.6) is 23.0 Å². The summed E-state index contributed by atoms with van der Waals surface area (Å²) < 4.78 is 21.5. The van der Waals surface area contributed by atoms with Crippen LogP contribution >= 0.6 is 0 Å². The fourth-order valence-corrected chi connectivity index (χ4v) is 3.36. The smallest absolute Gasteiger partial charge is 0.342 e. The minimum Gasteiger partial charge on any atom is -0.504 e. The van der Waals surface area contributed by atoms with E-state index in [0.29, 0.717) is 6.42 Å². The second kappa shape index (κ2) is 5.81. The van der Waals surface area contributed by atoms with Crippen molar-refractivity contribution in [3.8, 4) is 23.0 Å². The van der Waals surface area contributed by atoms with Gasteiger partial charge in [0.15, 0.2) is 11.5 Å². The van der Waals surface area contributed by atoms with E-state index in [1.165, 1.54) is 14.2 Å². The largest absolute Gasteiger partial charge is 0.504 e. The molecule has 2 aliphatic rings. The van der Waals surface area contributed by atoms with Crippen molar-refractivity contribution < 1.29 is 34.0 Å².